The highest BCUT2D eigenvalue weighted by atomic mass is 19.1. The normalized spacial score (nSPS) is 12.3. The third-order valence-corrected chi connectivity index (χ3v) is 2.48. The summed E-state index contributed by atoms with van der Waals surface area (Å²) in [5.74, 6) is -1.02. The van der Waals surface area contributed by atoms with Crippen LogP contribution in [0.25, 0.3) is 0 Å². The quantitative estimate of drug-likeness (QED) is 0.631. The van der Waals surface area contributed by atoms with Gasteiger partial charge in [-0.05, 0) is 18.4 Å². The van der Waals surface area contributed by atoms with Crippen molar-refractivity contribution in [2.24, 2.45) is 11.7 Å². The molecule has 19 heavy (non-hydrogen) atoms. The van der Waals surface area contributed by atoms with Gasteiger partial charge >= 0.3 is 0 Å². The highest BCUT2D eigenvalue weighted by molar-refractivity contribution is 5.96. The van der Waals surface area contributed by atoms with Crippen molar-refractivity contribution in [1.29, 1.82) is 0 Å². The van der Waals surface area contributed by atoms with E-state index in [-0.39, 0.29) is 17.3 Å². The van der Waals surface area contributed by atoms with Crippen LogP contribution in [-0.4, -0.2) is 16.9 Å². The van der Waals surface area contributed by atoms with Crippen LogP contribution in [0.3, 0.4) is 0 Å². The second-order valence-corrected chi connectivity index (χ2v) is 4.64. The molecule has 6 nitrogen and oxygen atoms in total. The lowest BCUT2D eigenvalue weighted by molar-refractivity contribution is -0.384. The van der Waals surface area contributed by atoms with Crippen LogP contribution in [0.4, 0.5) is 15.8 Å². The Morgan fingerprint density at radius 2 is 2.16 bits per heavy atom. The third kappa shape index (κ3) is 4.29. The first-order valence-electron chi connectivity index (χ1n) is 5.81. The standard InChI is InChI=1S/C12H16FN3O3/c1-7(2)5-9(14)12(17)15-10-6-8(13)3-4-11(10)16(18)19/h3-4,6-7,9H,5,14H2,1-2H3,(H,15,17)/t9-/m0/s1. The van der Waals surface area contributed by atoms with Crippen molar-refractivity contribution in [3.05, 3.63) is 34.1 Å². The van der Waals surface area contributed by atoms with Crippen LogP contribution in [-0.2, 0) is 4.79 Å². The summed E-state index contributed by atoms with van der Waals surface area (Å²) in [6.07, 6.45) is 0.439. The Morgan fingerprint density at radius 1 is 1.53 bits per heavy atom. The fourth-order valence-electron chi connectivity index (χ4n) is 1.61. The number of nitro benzene ring substituents is 1. The number of halogens is 1. The summed E-state index contributed by atoms with van der Waals surface area (Å²) < 4.78 is 13.1. The lowest BCUT2D eigenvalue weighted by Crippen LogP contribution is -2.36. The minimum atomic E-state index is -0.789. The van der Waals surface area contributed by atoms with Gasteiger partial charge in [-0.2, -0.15) is 0 Å². The summed E-state index contributed by atoms with van der Waals surface area (Å²) in [7, 11) is 0. The van der Waals surface area contributed by atoms with Crippen molar-refractivity contribution in [2.75, 3.05) is 5.32 Å². The molecule has 0 radical (unpaired) electrons. The van der Waals surface area contributed by atoms with E-state index in [1.807, 2.05) is 13.8 Å². The van der Waals surface area contributed by atoms with E-state index in [9.17, 15) is 19.3 Å². The number of hydrogen-bond acceptors (Lipinski definition) is 4. The third-order valence-electron chi connectivity index (χ3n) is 2.48. The molecule has 0 saturated heterocycles. The number of benzene rings is 1. The van der Waals surface area contributed by atoms with Gasteiger partial charge in [-0.3, -0.25) is 14.9 Å². The largest absolute Gasteiger partial charge is 0.320 e. The van der Waals surface area contributed by atoms with Crippen molar-refractivity contribution in [3.8, 4) is 0 Å². The number of nitro groups is 1. The average molecular weight is 269 g/mol. The lowest BCUT2D eigenvalue weighted by atomic mass is 10.0. The molecule has 1 aromatic rings. The lowest BCUT2D eigenvalue weighted by Gasteiger charge is -2.14. The molecule has 0 spiro atoms. The Labute approximate surface area is 109 Å². The van der Waals surface area contributed by atoms with Gasteiger partial charge in [0.2, 0.25) is 5.91 Å². The number of rotatable bonds is 5. The number of nitrogens with one attached hydrogen (secondary N) is 1. The average Bonchev–Trinajstić information content (AvgIpc) is 2.27. The first-order chi connectivity index (χ1) is 8.81. The molecule has 1 rings (SSSR count). The zero-order valence-electron chi connectivity index (χ0n) is 10.7. The van der Waals surface area contributed by atoms with E-state index >= 15 is 0 Å². The Kier molecular flexibility index (Phi) is 4.94. The van der Waals surface area contributed by atoms with E-state index in [1.165, 1.54) is 0 Å². The summed E-state index contributed by atoms with van der Waals surface area (Å²) in [4.78, 5) is 21.8. The van der Waals surface area contributed by atoms with Gasteiger partial charge in [-0.1, -0.05) is 13.8 Å². The van der Waals surface area contributed by atoms with Gasteiger partial charge in [0.15, 0.2) is 0 Å². The molecule has 0 aliphatic rings. The number of anilines is 1. The highest BCUT2D eigenvalue weighted by Crippen LogP contribution is 2.25. The van der Waals surface area contributed by atoms with E-state index in [2.05, 4.69) is 5.32 Å². The van der Waals surface area contributed by atoms with Gasteiger partial charge in [0.05, 0.1) is 11.0 Å². The maximum atomic E-state index is 13.1. The summed E-state index contributed by atoms with van der Waals surface area (Å²) in [5, 5.41) is 13.1. The van der Waals surface area contributed by atoms with Crippen molar-refractivity contribution < 1.29 is 14.1 Å². The minimum Gasteiger partial charge on any atom is -0.320 e. The summed E-state index contributed by atoms with van der Waals surface area (Å²) in [5.41, 5.74) is 5.10. The van der Waals surface area contributed by atoms with E-state index < -0.39 is 22.7 Å². The molecular weight excluding hydrogens is 253 g/mol. The molecule has 104 valence electrons. The predicted molar refractivity (Wildman–Crippen MR) is 69.1 cm³/mol. The topological polar surface area (TPSA) is 98.3 Å². The molecule has 0 fully saturated rings. The zero-order valence-corrected chi connectivity index (χ0v) is 10.7. The number of carbonyl (C=O) groups excluding carboxylic acids is 1. The molecule has 0 saturated carbocycles. The van der Waals surface area contributed by atoms with Crippen molar-refractivity contribution in [1.82, 2.24) is 0 Å². The Bertz CT molecular complexity index is 491. The number of nitrogens with zero attached hydrogens (tertiary/aromatic N) is 1. The Hall–Kier alpha value is -2.02. The summed E-state index contributed by atoms with van der Waals surface area (Å²) in [6, 6.07) is 2.07. The van der Waals surface area contributed by atoms with Crippen LogP contribution in [0, 0.1) is 21.8 Å². The van der Waals surface area contributed by atoms with Gasteiger partial charge in [0.25, 0.3) is 5.69 Å². The van der Waals surface area contributed by atoms with Crippen LogP contribution in [0.1, 0.15) is 20.3 Å². The second kappa shape index (κ2) is 6.24. The van der Waals surface area contributed by atoms with Gasteiger partial charge < -0.3 is 11.1 Å². The summed E-state index contributed by atoms with van der Waals surface area (Å²) in [6.45, 7) is 3.80. The monoisotopic (exact) mass is 269 g/mol. The Morgan fingerprint density at radius 3 is 2.68 bits per heavy atom. The fraction of sp³-hybridized carbons (Fsp3) is 0.417. The van der Waals surface area contributed by atoms with Crippen LogP contribution in [0.15, 0.2) is 18.2 Å². The molecule has 1 atom stereocenters. The number of carbonyl (C=O) groups is 1. The van der Waals surface area contributed by atoms with E-state index in [0.29, 0.717) is 6.42 Å². The van der Waals surface area contributed by atoms with Gasteiger partial charge in [-0.25, -0.2) is 4.39 Å². The fourth-order valence-corrected chi connectivity index (χ4v) is 1.61. The maximum absolute atomic E-state index is 13.1. The van der Waals surface area contributed by atoms with Gasteiger partial charge in [0.1, 0.15) is 11.5 Å². The molecule has 0 aromatic heterocycles. The molecule has 0 bridgehead atoms. The first-order valence-corrected chi connectivity index (χ1v) is 5.81. The molecule has 0 unspecified atom stereocenters. The van der Waals surface area contributed by atoms with Gasteiger partial charge in [0, 0.05) is 12.1 Å². The van der Waals surface area contributed by atoms with Crippen molar-refractivity contribution >= 4 is 17.3 Å². The smallest absolute Gasteiger partial charge is 0.292 e. The predicted octanol–water partition coefficient (Wildman–Crippen LogP) is 2.05. The number of amides is 1. The van der Waals surface area contributed by atoms with E-state index in [0.717, 1.165) is 18.2 Å². The van der Waals surface area contributed by atoms with Crippen LogP contribution < -0.4 is 11.1 Å². The molecule has 7 heteroatoms. The SMILES string of the molecule is CC(C)C[C@H](N)C(=O)Nc1cc(F)ccc1[N+](=O)[O-]. The molecule has 3 N–H and O–H groups in total. The van der Waals surface area contributed by atoms with Crippen LogP contribution in [0.5, 0.6) is 0 Å². The van der Waals surface area contributed by atoms with Crippen molar-refractivity contribution in [2.45, 2.75) is 26.3 Å². The molecule has 0 aliphatic heterocycles. The summed E-state index contributed by atoms with van der Waals surface area (Å²) >= 11 is 0. The first kappa shape index (κ1) is 15.0. The second-order valence-electron chi connectivity index (χ2n) is 4.64. The molecular formula is C12H16FN3O3. The Balaban J connectivity index is 2.89. The molecule has 0 heterocycles. The van der Waals surface area contributed by atoms with Crippen molar-refractivity contribution in [3.63, 3.8) is 0 Å². The van der Waals surface area contributed by atoms with Gasteiger partial charge in [-0.15, -0.1) is 0 Å². The maximum Gasteiger partial charge on any atom is 0.292 e. The van der Waals surface area contributed by atoms with E-state index in [4.69, 9.17) is 5.73 Å². The minimum absolute atomic E-state index is 0.186. The highest BCUT2D eigenvalue weighted by Gasteiger charge is 2.20. The number of nitrogens with two attached hydrogens (primary N) is 1. The van der Waals surface area contributed by atoms with Crippen LogP contribution in [0.2, 0.25) is 0 Å². The number of hydrogen-bond donors (Lipinski definition) is 2. The van der Waals surface area contributed by atoms with E-state index in [1.54, 1.807) is 0 Å². The molecule has 1 amide bonds. The van der Waals surface area contributed by atoms with Crippen LogP contribution >= 0.6 is 0 Å². The zero-order chi connectivity index (χ0) is 14.6. The molecule has 1 aromatic carbocycles. The molecule has 0 aliphatic carbocycles.